The molecule has 2 N–H and O–H groups in total. The topological polar surface area (TPSA) is 35.2 Å². The summed E-state index contributed by atoms with van der Waals surface area (Å²) in [5, 5.41) is 2.46. The molecular formula is C19H19NO. The predicted molar refractivity (Wildman–Crippen MR) is 87.6 cm³/mol. The highest BCUT2D eigenvalue weighted by Crippen LogP contribution is 2.26. The van der Waals surface area contributed by atoms with E-state index in [0.717, 1.165) is 12.2 Å². The third-order valence-corrected chi connectivity index (χ3v) is 3.81. The molecule has 2 heteroatoms. The molecule has 0 heterocycles. The Morgan fingerprint density at radius 3 is 2.57 bits per heavy atom. The van der Waals surface area contributed by atoms with Crippen LogP contribution in [-0.2, 0) is 6.42 Å². The van der Waals surface area contributed by atoms with Gasteiger partial charge in [-0.25, -0.2) is 0 Å². The molecule has 0 spiro atoms. The largest absolute Gasteiger partial charge is 0.497 e. The monoisotopic (exact) mass is 277 g/mol. The van der Waals surface area contributed by atoms with Crippen molar-refractivity contribution in [3.63, 3.8) is 0 Å². The number of methoxy groups -OCH3 is 1. The highest BCUT2D eigenvalue weighted by molar-refractivity contribution is 5.86. The SMILES string of the molecule is COc1cccc(CC(N)c2cccc3ccccc23)c1. The summed E-state index contributed by atoms with van der Waals surface area (Å²) in [5.41, 5.74) is 8.82. The molecule has 0 aliphatic carbocycles. The van der Waals surface area contributed by atoms with Crippen molar-refractivity contribution in [3.05, 3.63) is 77.9 Å². The van der Waals surface area contributed by atoms with Crippen LogP contribution in [0.5, 0.6) is 5.75 Å². The van der Waals surface area contributed by atoms with Crippen LogP contribution in [0.3, 0.4) is 0 Å². The van der Waals surface area contributed by atoms with E-state index in [9.17, 15) is 0 Å². The lowest BCUT2D eigenvalue weighted by Gasteiger charge is -2.15. The van der Waals surface area contributed by atoms with Crippen molar-refractivity contribution in [3.8, 4) is 5.75 Å². The third-order valence-electron chi connectivity index (χ3n) is 3.81. The lowest BCUT2D eigenvalue weighted by atomic mass is 9.95. The van der Waals surface area contributed by atoms with Crippen LogP contribution in [0, 0.1) is 0 Å². The average molecular weight is 277 g/mol. The fourth-order valence-corrected chi connectivity index (χ4v) is 2.74. The van der Waals surface area contributed by atoms with E-state index in [1.54, 1.807) is 7.11 Å². The van der Waals surface area contributed by atoms with Gasteiger partial charge in [0.05, 0.1) is 7.11 Å². The summed E-state index contributed by atoms with van der Waals surface area (Å²) >= 11 is 0. The molecule has 3 aromatic rings. The third kappa shape index (κ3) is 2.91. The van der Waals surface area contributed by atoms with Gasteiger partial charge in [-0.1, -0.05) is 54.6 Å². The van der Waals surface area contributed by atoms with Crippen molar-refractivity contribution in [2.45, 2.75) is 12.5 Å². The van der Waals surface area contributed by atoms with Crippen molar-refractivity contribution in [2.75, 3.05) is 7.11 Å². The second-order valence-electron chi connectivity index (χ2n) is 5.23. The first-order valence-corrected chi connectivity index (χ1v) is 7.14. The van der Waals surface area contributed by atoms with E-state index in [2.05, 4.69) is 48.5 Å². The van der Waals surface area contributed by atoms with Crippen LogP contribution in [0.4, 0.5) is 0 Å². The van der Waals surface area contributed by atoms with Crippen molar-refractivity contribution in [2.24, 2.45) is 5.73 Å². The molecule has 0 bridgehead atoms. The number of hydrogen-bond acceptors (Lipinski definition) is 2. The second kappa shape index (κ2) is 5.98. The van der Waals surface area contributed by atoms with Crippen molar-refractivity contribution < 1.29 is 4.74 Å². The van der Waals surface area contributed by atoms with Gasteiger partial charge in [0.2, 0.25) is 0 Å². The number of benzene rings is 3. The molecule has 3 aromatic carbocycles. The van der Waals surface area contributed by atoms with Crippen LogP contribution in [-0.4, -0.2) is 7.11 Å². The second-order valence-corrected chi connectivity index (χ2v) is 5.23. The van der Waals surface area contributed by atoms with Crippen molar-refractivity contribution in [1.82, 2.24) is 0 Å². The van der Waals surface area contributed by atoms with Gasteiger partial charge in [0.15, 0.2) is 0 Å². The highest BCUT2D eigenvalue weighted by atomic mass is 16.5. The quantitative estimate of drug-likeness (QED) is 0.779. The molecule has 0 aliphatic heterocycles. The van der Waals surface area contributed by atoms with E-state index in [-0.39, 0.29) is 6.04 Å². The fraction of sp³-hybridized carbons (Fsp3) is 0.158. The lowest BCUT2D eigenvalue weighted by molar-refractivity contribution is 0.414. The van der Waals surface area contributed by atoms with Crippen molar-refractivity contribution >= 4 is 10.8 Å². The molecule has 0 amide bonds. The van der Waals surface area contributed by atoms with Gasteiger partial charge in [-0.3, -0.25) is 0 Å². The molecule has 2 nitrogen and oxygen atoms in total. The lowest BCUT2D eigenvalue weighted by Crippen LogP contribution is -2.13. The Bertz CT molecular complexity index is 746. The van der Waals surface area contributed by atoms with E-state index in [0.29, 0.717) is 0 Å². The van der Waals surface area contributed by atoms with Crippen LogP contribution >= 0.6 is 0 Å². The smallest absolute Gasteiger partial charge is 0.119 e. The Labute approximate surface area is 125 Å². The molecule has 0 aliphatic rings. The first-order valence-electron chi connectivity index (χ1n) is 7.14. The summed E-state index contributed by atoms with van der Waals surface area (Å²) in [6.45, 7) is 0. The first-order chi connectivity index (χ1) is 10.3. The molecule has 0 saturated heterocycles. The van der Waals surface area contributed by atoms with Crippen molar-refractivity contribution in [1.29, 1.82) is 0 Å². The standard InChI is InChI=1S/C19H19NO/c1-21-16-9-4-6-14(12-16)13-19(20)18-11-5-8-15-7-2-3-10-17(15)18/h2-12,19H,13,20H2,1H3. The average Bonchev–Trinajstić information content (AvgIpc) is 2.54. The van der Waals surface area contributed by atoms with Crippen LogP contribution < -0.4 is 10.5 Å². The highest BCUT2D eigenvalue weighted by Gasteiger charge is 2.10. The summed E-state index contributed by atoms with van der Waals surface area (Å²) in [7, 11) is 1.68. The van der Waals surface area contributed by atoms with Crippen LogP contribution in [0.15, 0.2) is 66.7 Å². The van der Waals surface area contributed by atoms with Crippen LogP contribution in [0.2, 0.25) is 0 Å². The number of nitrogens with two attached hydrogens (primary N) is 1. The van der Waals surface area contributed by atoms with Crippen LogP contribution in [0.1, 0.15) is 17.2 Å². The maximum atomic E-state index is 6.44. The number of hydrogen-bond donors (Lipinski definition) is 1. The fourth-order valence-electron chi connectivity index (χ4n) is 2.74. The minimum atomic E-state index is -0.0248. The maximum absolute atomic E-state index is 6.44. The number of ether oxygens (including phenoxy) is 1. The van der Waals surface area contributed by atoms with Gasteiger partial charge in [0, 0.05) is 6.04 Å². The van der Waals surface area contributed by atoms with E-state index < -0.39 is 0 Å². The predicted octanol–water partition coefficient (Wildman–Crippen LogP) is 4.09. The Morgan fingerprint density at radius 2 is 1.71 bits per heavy atom. The van der Waals surface area contributed by atoms with E-state index in [1.165, 1.54) is 21.9 Å². The minimum absolute atomic E-state index is 0.0248. The molecule has 0 aromatic heterocycles. The maximum Gasteiger partial charge on any atom is 0.119 e. The zero-order valence-corrected chi connectivity index (χ0v) is 12.1. The molecule has 0 radical (unpaired) electrons. The van der Waals surface area contributed by atoms with Gasteiger partial charge >= 0.3 is 0 Å². The molecule has 0 saturated carbocycles. The summed E-state index contributed by atoms with van der Waals surface area (Å²) in [6.07, 6.45) is 0.797. The number of fused-ring (bicyclic) bond motifs is 1. The Hall–Kier alpha value is -2.32. The molecule has 106 valence electrons. The zero-order chi connectivity index (χ0) is 14.7. The summed E-state index contributed by atoms with van der Waals surface area (Å²) in [4.78, 5) is 0. The molecule has 3 rings (SSSR count). The summed E-state index contributed by atoms with van der Waals surface area (Å²) in [6, 6.07) is 22.8. The van der Waals surface area contributed by atoms with E-state index in [4.69, 9.17) is 10.5 Å². The van der Waals surface area contributed by atoms with Crippen LogP contribution in [0.25, 0.3) is 10.8 Å². The van der Waals surface area contributed by atoms with Gasteiger partial charge in [-0.05, 0) is 40.5 Å². The van der Waals surface area contributed by atoms with Gasteiger partial charge in [-0.2, -0.15) is 0 Å². The molecule has 1 atom stereocenters. The number of rotatable bonds is 4. The molecule has 1 unspecified atom stereocenters. The van der Waals surface area contributed by atoms with Gasteiger partial charge in [0.25, 0.3) is 0 Å². The molecular weight excluding hydrogens is 258 g/mol. The minimum Gasteiger partial charge on any atom is -0.497 e. The summed E-state index contributed by atoms with van der Waals surface area (Å²) in [5.74, 6) is 0.873. The Morgan fingerprint density at radius 1 is 0.952 bits per heavy atom. The van der Waals surface area contributed by atoms with E-state index in [1.807, 2.05) is 18.2 Å². The Balaban J connectivity index is 1.91. The van der Waals surface area contributed by atoms with Gasteiger partial charge < -0.3 is 10.5 Å². The zero-order valence-electron chi connectivity index (χ0n) is 12.1. The van der Waals surface area contributed by atoms with Gasteiger partial charge in [-0.15, -0.1) is 0 Å². The van der Waals surface area contributed by atoms with E-state index >= 15 is 0 Å². The summed E-state index contributed by atoms with van der Waals surface area (Å²) < 4.78 is 5.27. The molecule has 0 fully saturated rings. The Kier molecular flexibility index (Phi) is 3.89. The molecule has 21 heavy (non-hydrogen) atoms. The van der Waals surface area contributed by atoms with Gasteiger partial charge in [0.1, 0.15) is 5.75 Å². The normalized spacial score (nSPS) is 12.3. The first kappa shape index (κ1) is 13.7.